The molecule has 2 aliphatic rings. The van der Waals surface area contributed by atoms with Crippen molar-refractivity contribution in [3.05, 3.63) is 174 Å². The highest BCUT2D eigenvalue weighted by molar-refractivity contribution is 6.06. The molecule has 1 nitrogen and oxygen atoms in total. The van der Waals surface area contributed by atoms with Crippen LogP contribution in [0.15, 0.2) is 158 Å². The van der Waals surface area contributed by atoms with Crippen molar-refractivity contribution >= 4 is 27.8 Å². The Morgan fingerprint density at radius 1 is 0.480 bits per heavy atom. The predicted molar refractivity (Wildman–Crippen MR) is 213 cm³/mol. The van der Waals surface area contributed by atoms with Crippen LogP contribution in [0.2, 0.25) is 0 Å². The number of nitrogens with zero attached hydrogens (tertiary/aromatic N) is 1. The lowest BCUT2D eigenvalue weighted by Crippen LogP contribution is -2.16. The smallest absolute Gasteiger partial charge is 0.0543 e. The van der Waals surface area contributed by atoms with Gasteiger partial charge in [0.2, 0.25) is 0 Å². The van der Waals surface area contributed by atoms with E-state index in [4.69, 9.17) is 0 Å². The predicted octanol–water partition coefficient (Wildman–Crippen LogP) is 14.0. The molecule has 0 bridgehead atoms. The molecule has 0 atom stereocenters. The Kier molecular flexibility index (Phi) is 7.65. The highest BCUT2D eigenvalue weighted by Crippen LogP contribution is 2.54. The summed E-state index contributed by atoms with van der Waals surface area (Å²) in [6.45, 7) is 4.74. The third-order valence-electron chi connectivity index (χ3n) is 11.5. The van der Waals surface area contributed by atoms with Crippen LogP contribution in [-0.4, -0.2) is 0 Å². The molecule has 0 aromatic heterocycles. The Balaban J connectivity index is 1.19. The molecule has 7 aromatic carbocycles. The second-order valence-electron chi connectivity index (χ2n) is 14.8. The van der Waals surface area contributed by atoms with Gasteiger partial charge in [0.05, 0.1) is 5.69 Å². The molecule has 0 radical (unpaired) electrons. The lowest BCUT2D eigenvalue weighted by molar-refractivity contribution is 0.443. The van der Waals surface area contributed by atoms with Gasteiger partial charge >= 0.3 is 0 Å². The second-order valence-corrected chi connectivity index (χ2v) is 14.8. The van der Waals surface area contributed by atoms with Gasteiger partial charge in [0.25, 0.3) is 0 Å². The summed E-state index contributed by atoms with van der Waals surface area (Å²) in [5.74, 6) is 0.681. The van der Waals surface area contributed by atoms with Crippen molar-refractivity contribution in [1.82, 2.24) is 0 Å². The first-order chi connectivity index (χ1) is 24.6. The van der Waals surface area contributed by atoms with Crippen LogP contribution in [0, 0.1) is 0 Å². The van der Waals surface area contributed by atoms with E-state index < -0.39 is 0 Å². The molecule has 244 valence electrons. The molecule has 9 rings (SSSR count). The Hall–Kier alpha value is -5.40. The fraction of sp³-hybridized carbons (Fsp3) is 0.184. The van der Waals surface area contributed by atoms with E-state index in [1.807, 2.05) is 0 Å². The highest BCUT2D eigenvalue weighted by atomic mass is 15.1. The van der Waals surface area contributed by atoms with Gasteiger partial charge in [-0.05, 0) is 104 Å². The van der Waals surface area contributed by atoms with E-state index in [9.17, 15) is 0 Å². The van der Waals surface area contributed by atoms with Crippen molar-refractivity contribution in [2.45, 2.75) is 57.3 Å². The van der Waals surface area contributed by atoms with Crippen molar-refractivity contribution < 1.29 is 0 Å². The van der Waals surface area contributed by atoms with E-state index >= 15 is 0 Å². The number of rotatable bonds is 6. The van der Waals surface area contributed by atoms with Crippen molar-refractivity contribution in [3.63, 3.8) is 0 Å². The zero-order chi connectivity index (χ0) is 33.7. The molecule has 1 saturated carbocycles. The minimum Gasteiger partial charge on any atom is -0.310 e. The molecule has 0 aliphatic heterocycles. The van der Waals surface area contributed by atoms with E-state index in [0.29, 0.717) is 5.92 Å². The molecule has 0 unspecified atom stereocenters. The van der Waals surface area contributed by atoms with Crippen LogP contribution in [0.4, 0.5) is 17.1 Å². The van der Waals surface area contributed by atoms with Crippen LogP contribution in [0.1, 0.15) is 68.6 Å². The van der Waals surface area contributed by atoms with Crippen LogP contribution in [-0.2, 0) is 5.41 Å². The van der Waals surface area contributed by atoms with Crippen LogP contribution < -0.4 is 4.90 Å². The minimum absolute atomic E-state index is 0.0624. The summed E-state index contributed by atoms with van der Waals surface area (Å²) in [6.07, 6.45) is 6.69. The fourth-order valence-electron chi connectivity index (χ4n) is 8.91. The van der Waals surface area contributed by atoms with Gasteiger partial charge in [-0.3, -0.25) is 0 Å². The summed E-state index contributed by atoms with van der Waals surface area (Å²) in [5, 5.41) is 2.55. The second kappa shape index (κ2) is 12.5. The fourth-order valence-corrected chi connectivity index (χ4v) is 8.91. The summed E-state index contributed by atoms with van der Waals surface area (Å²) < 4.78 is 0. The van der Waals surface area contributed by atoms with Crippen molar-refractivity contribution in [3.8, 4) is 33.4 Å². The Labute approximate surface area is 296 Å². The van der Waals surface area contributed by atoms with E-state index in [1.54, 1.807) is 0 Å². The SMILES string of the molecule is CC1(C)c2ccccc2-c2c(N(c3ccc(-c4cccc5cccc(-c6ccccc6)c45)cc3)c3ccc(C4CCCCC4)cc3)cccc21. The quantitative estimate of drug-likeness (QED) is 0.174. The van der Waals surface area contributed by atoms with E-state index in [1.165, 1.54) is 110 Å². The summed E-state index contributed by atoms with van der Waals surface area (Å²) in [4.78, 5) is 2.49. The molecule has 0 amide bonds. The van der Waals surface area contributed by atoms with Crippen LogP contribution >= 0.6 is 0 Å². The largest absolute Gasteiger partial charge is 0.310 e. The zero-order valence-corrected chi connectivity index (χ0v) is 29.1. The maximum atomic E-state index is 2.49. The number of benzene rings is 7. The van der Waals surface area contributed by atoms with Gasteiger partial charge in [0.1, 0.15) is 0 Å². The normalized spacial score (nSPS) is 15.1. The third-order valence-corrected chi connectivity index (χ3v) is 11.5. The Morgan fingerprint density at radius 2 is 1.04 bits per heavy atom. The Morgan fingerprint density at radius 3 is 1.74 bits per heavy atom. The Bertz CT molecular complexity index is 2300. The molecule has 1 heteroatoms. The summed E-state index contributed by atoms with van der Waals surface area (Å²) in [6, 6.07) is 58.8. The molecular formula is C49H43N. The van der Waals surface area contributed by atoms with Crippen LogP contribution in [0.3, 0.4) is 0 Å². The first-order valence-corrected chi connectivity index (χ1v) is 18.4. The summed E-state index contributed by atoms with van der Waals surface area (Å²) in [5.41, 5.74) is 15.5. The lowest BCUT2D eigenvalue weighted by atomic mass is 9.82. The maximum Gasteiger partial charge on any atom is 0.0543 e. The molecule has 7 aromatic rings. The molecule has 0 spiro atoms. The van der Waals surface area contributed by atoms with Gasteiger partial charge in [-0.2, -0.15) is 0 Å². The first-order valence-electron chi connectivity index (χ1n) is 18.4. The van der Waals surface area contributed by atoms with Crippen molar-refractivity contribution in [2.24, 2.45) is 0 Å². The number of anilines is 3. The van der Waals surface area contributed by atoms with E-state index in [0.717, 1.165) is 0 Å². The van der Waals surface area contributed by atoms with E-state index in [-0.39, 0.29) is 5.41 Å². The monoisotopic (exact) mass is 645 g/mol. The maximum absolute atomic E-state index is 2.49. The highest BCUT2D eigenvalue weighted by Gasteiger charge is 2.37. The van der Waals surface area contributed by atoms with Gasteiger partial charge in [-0.25, -0.2) is 0 Å². The van der Waals surface area contributed by atoms with Crippen molar-refractivity contribution in [2.75, 3.05) is 4.90 Å². The number of hydrogen-bond donors (Lipinski definition) is 0. The first kappa shape index (κ1) is 30.6. The van der Waals surface area contributed by atoms with Gasteiger partial charge in [0, 0.05) is 22.4 Å². The van der Waals surface area contributed by atoms with Crippen molar-refractivity contribution in [1.29, 1.82) is 0 Å². The van der Waals surface area contributed by atoms with E-state index in [2.05, 4.69) is 176 Å². The van der Waals surface area contributed by atoms with Crippen LogP contribution in [0.25, 0.3) is 44.2 Å². The summed E-state index contributed by atoms with van der Waals surface area (Å²) in [7, 11) is 0. The molecule has 50 heavy (non-hydrogen) atoms. The van der Waals surface area contributed by atoms with Gasteiger partial charge in [0.15, 0.2) is 0 Å². The molecule has 0 saturated heterocycles. The average molecular weight is 646 g/mol. The molecular weight excluding hydrogens is 603 g/mol. The summed E-state index contributed by atoms with van der Waals surface area (Å²) >= 11 is 0. The zero-order valence-electron chi connectivity index (χ0n) is 29.1. The standard InChI is InChI=1S/C49H43N/c1-49(2)44-23-10-9-20-43(44)48-45(49)24-13-25-46(48)50(39-30-26-35(27-31-39)34-14-5-3-6-15-34)40-32-28-37(29-33-40)42-22-12-19-38-18-11-21-41(47(38)42)36-16-7-4-8-17-36/h4,7-13,16-34H,3,5-6,14-15H2,1-2H3. The third kappa shape index (κ3) is 5.15. The number of fused-ring (bicyclic) bond motifs is 4. The molecule has 1 fully saturated rings. The lowest BCUT2D eigenvalue weighted by Gasteiger charge is -2.29. The van der Waals surface area contributed by atoms with Gasteiger partial charge < -0.3 is 4.90 Å². The van der Waals surface area contributed by atoms with Gasteiger partial charge in [-0.1, -0.05) is 161 Å². The van der Waals surface area contributed by atoms with Gasteiger partial charge in [-0.15, -0.1) is 0 Å². The topological polar surface area (TPSA) is 3.24 Å². The number of hydrogen-bond acceptors (Lipinski definition) is 1. The molecule has 2 aliphatic carbocycles. The minimum atomic E-state index is -0.0624. The van der Waals surface area contributed by atoms with Crippen LogP contribution in [0.5, 0.6) is 0 Å². The average Bonchev–Trinajstić information content (AvgIpc) is 3.42. The molecule has 0 N–H and O–H groups in total. The molecule has 0 heterocycles.